The van der Waals surface area contributed by atoms with Gasteiger partial charge in [-0.1, -0.05) is 24.6 Å². The van der Waals surface area contributed by atoms with Gasteiger partial charge in [-0.05, 0) is 37.5 Å². The van der Waals surface area contributed by atoms with Crippen molar-refractivity contribution >= 4 is 28.6 Å². The highest BCUT2D eigenvalue weighted by molar-refractivity contribution is 6.04. The van der Waals surface area contributed by atoms with E-state index in [9.17, 15) is 14.7 Å². The number of nitrogens with one attached hydrogen (secondary N) is 2. The van der Waals surface area contributed by atoms with Crippen LogP contribution in [0, 0.1) is 0 Å². The second-order valence-electron chi connectivity index (χ2n) is 6.64. The van der Waals surface area contributed by atoms with Gasteiger partial charge in [0.15, 0.2) is 0 Å². The number of anilines is 1. The highest BCUT2D eigenvalue weighted by Gasteiger charge is 2.16. The van der Waals surface area contributed by atoms with E-state index >= 15 is 0 Å². The van der Waals surface area contributed by atoms with Gasteiger partial charge in [-0.3, -0.25) is 9.88 Å². The van der Waals surface area contributed by atoms with Crippen LogP contribution < -0.4 is 10.2 Å². The van der Waals surface area contributed by atoms with Crippen molar-refractivity contribution in [1.82, 2.24) is 15.3 Å². The summed E-state index contributed by atoms with van der Waals surface area (Å²) in [5.41, 5.74) is 2.71. The highest BCUT2D eigenvalue weighted by Crippen LogP contribution is 2.23. The first-order valence-electron chi connectivity index (χ1n) is 9.32. The number of aryl methyl sites for hydroxylation is 1. The van der Waals surface area contributed by atoms with E-state index in [-0.39, 0.29) is 6.03 Å². The number of benzene rings is 1. The van der Waals surface area contributed by atoms with E-state index in [0.29, 0.717) is 18.5 Å². The first kappa shape index (κ1) is 19.4. The fraction of sp³-hybridized carbons (Fsp3) is 0.286. The van der Waals surface area contributed by atoms with Crippen molar-refractivity contribution in [3.8, 4) is 0 Å². The molecule has 146 valence electrons. The Morgan fingerprint density at radius 3 is 2.71 bits per heavy atom. The number of carbonyl (C=O) groups excluding carboxylic acids is 1. The number of H-pyrrole nitrogens is 1. The van der Waals surface area contributed by atoms with Crippen LogP contribution in [0.5, 0.6) is 0 Å². The van der Waals surface area contributed by atoms with Crippen LogP contribution >= 0.6 is 0 Å². The van der Waals surface area contributed by atoms with Gasteiger partial charge >= 0.3 is 12.0 Å². The van der Waals surface area contributed by atoms with Crippen LogP contribution in [0.1, 0.15) is 35.3 Å². The molecule has 0 spiro atoms. The minimum Gasteiger partial charge on any atom is -0.478 e. The summed E-state index contributed by atoms with van der Waals surface area (Å²) < 4.78 is 0. The molecule has 28 heavy (non-hydrogen) atoms. The summed E-state index contributed by atoms with van der Waals surface area (Å²) in [6.45, 7) is 0.571. The zero-order chi connectivity index (χ0) is 19.9. The number of aromatic amines is 1. The number of pyridine rings is 1. The summed E-state index contributed by atoms with van der Waals surface area (Å²) in [6.07, 6.45) is 6.54. The van der Waals surface area contributed by atoms with Gasteiger partial charge in [0.2, 0.25) is 0 Å². The molecule has 7 nitrogen and oxygen atoms in total. The lowest BCUT2D eigenvalue weighted by Crippen LogP contribution is -2.37. The molecule has 7 heteroatoms. The van der Waals surface area contributed by atoms with Gasteiger partial charge in [0, 0.05) is 36.4 Å². The van der Waals surface area contributed by atoms with E-state index in [1.54, 1.807) is 25.5 Å². The Labute approximate surface area is 163 Å². The van der Waals surface area contributed by atoms with Crippen LogP contribution in [-0.2, 0) is 6.42 Å². The topological polar surface area (TPSA) is 98.3 Å². The third-order valence-electron chi connectivity index (χ3n) is 4.72. The smallest absolute Gasteiger partial charge is 0.338 e. The van der Waals surface area contributed by atoms with Crippen LogP contribution in [0.4, 0.5) is 10.5 Å². The van der Waals surface area contributed by atoms with E-state index < -0.39 is 5.97 Å². The number of carbonyl (C=O) groups is 2. The van der Waals surface area contributed by atoms with Gasteiger partial charge in [-0.25, -0.2) is 9.59 Å². The second-order valence-corrected chi connectivity index (χ2v) is 6.64. The Balaban J connectivity index is 1.44. The van der Waals surface area contributed by atoms with E-state index in [0.717, 1.165) is 41.5 Å². The van der Waals surface area contributed by atoms with Crippen LogP contribution in [-0.4, -0.2) is 40.7 Å². The van der Waals surface area contributed by atoms with E-state index in [2.05, 4.69) is 15.3 Å². The molecule has 0 atom stereocenters. The maximum absolute atomic E-state index is 12.1. The Hall–Kier alpha value is -3.35. The van der Waals surface area contributed by atoms with Gasteiger partial charge in [-0.2, -0.15) is 0 Å². The molecule has 0 saturated carbocycles. The predicted octanol–water partition coefficient (Wildman–Crippen LogP) is 3.82. The van der Waals surface area contributed by atoms with Crippen molar-refractivity contribution in [1.29, 1.82) is 0 Å². The predicted molar refractivity (Wildman–Crippen MR) is 109 cm³/mol. The largest absolute Gasteiger partial charge is 0.478 e. The number of hydrogen-bond acceptors (Lipinski definition) is 3. The van der Waals surface area contributed by atoms with Crippen molar-refractivity contribution in [2.45, 2.75) is 25.7 Å². The maximum Gasteiger partial charge on any atom is 0.338 e. The molecule has 0 aliphatic carbocycles. The monoisotopic (exact) mass is 380 g/mol. The molecule has 0 bridgehead atoms. The molecule has 3 aromatic rings. The molecule has 2 aromatic heterocycles. The standard InChI is InChI=1S/C21H24N4O3/c1-25(15-8-7-12-22-14-15)21(28)23-13-6-2-3-11-18-19(20(26)27)16-9-4-5-10-17(16)24-18/h4-5,7-10,12,14,24H,2-3,6,11,13H2,1H3,(H,23,28)(H,26,27). The summed E-state index contributed by atoms with van der Waals surface area (Å²) in [7, 11) is 1.70. The lowest BCUT2D eigenvalue weighted by atomic mass is 10.1. The molecule has 3 N–H and O–H groups in total. The first-order valence-corrected chi connectivity index (χ1v) is 9.32. The minimum absolute atomic E-state index is 0.170. The third-order valence-corrected chi connectivity index (χ3v) is 4.72. The summed E-state index contributed by atoms with van der Waals surface area (Å²) in [5.74, 6) is -0.904. The molecule has 0 unspecified atom stereocenters. The summed E-state index contributed by atoms with van der Waals surface area (Å²) in [4.78, 5) is 32.5. The second kappa shape index (κ2) is 9.03. The van der Waals surface area contributed by atoms with Crippen LogP contribution in [0.3, 0.4) is 0 Å². The Bertz CT molecular complexity index is 953. The van der Waals surface area contributed by atoms with Gasteiger partial charge in [0.05, 0.1) is 17.4 Å². The molecule has 0 aliphatic heterocycles. The lowest BCUT2D eigenvalue weighted by molar-refractivity contribution is 0.0698. The van der Waals surface area contributed by atoms with Gasteiger partial charge in [0.25, 0.3) is 0 Å². The van der Waals surface area contributed by atoms with Crippen LogP contribution in [0.2, 0.25) is 0 Å². The number of nitrogens with zero attached hydrogens (tertiary/aromatic N) is 2. The quantitative estimate of drug-likeness (QED) is 0.517. The first-order chi connectivity index (χ1) is 13.6. The van der Waals surface area contributed by atoms with Crippen LogP contribution in [0.15, 0.2) is 48.8 Å². The number of carboxylic acid groups (broad SMARTS) is 1. The third kappa shape index (κ3) is 4.49. The van der Waals surface area contributed by atoms with E-state index in [4.69, 9.17) is 0 Å². The molecular formula is C21H24N4O3. The molecule has 2 heterocycles. The molecule has 0 aliphatic rings. The van der Waals surface area contributed by atoms with E-state index in [1.807, 2.05) is 30.3 Å². The number of para-hydroxylation sites is 1. The summed E-state index contributed by atoms with van der Waals surface area (Å²) >= 11 is 0. The number of carboxylic acids is 1. The molecular weight excluding hydrogens is 356 g/mol. The summed E-state index contributed by atoms with van der Waals surface area (Å²) in [6, 6.07) is 10.9. The molecule has 3 rings (SSSR count). The van der Waals surface area contributed by atoms with E-state index in [1.165, 1.54) is 4.90 Å². The average molecular weight is 380 g/mol. The van der Waals surface area contributed by atoms with Crippen molar-refractivity contribution in [3.05, 3.63) is 60.0 Å². The van der Waals surface area contributed by atoms with Crippen molar-refractivity contribution in [2.75, 3.05) is 18.5 Å². The van der Waals surface area contributed by atoms with Gasteiger partial charge in [0.1, 0.15) is 0 Å². The van der Waals surface area contributed by atoms with Crippen molar-refractivity contribution in [2.24, 2.45) is 0 Å². The Morgan fingerprint density at radius 2 is 1.96 bits per heavy atom. The van der Waals surface area contributed by atoms with Gasteiger partial charge < -0.3 is 15.4 Å². The minimum atomic E-state index is -0.904. The zero-order valence-electron chi connectivity index (χ0n) is 15.8. The lowest BCUT2D eigenvalue weighted by Gasteiger charge is -2.17. The number of hydrogen-bond donors (Lipinski definition) is 3. The summed E-state index contributed by atoms with van der Waals surface area (Å²) in [5, 5.41) is 13.2. The fourth-order valence-corrected chi connectivity index (χ4v) is 3.22. The number of amides is 2. The van der Waals surface area contributed by atoms with Crippen LogP contribution in [0.25, 0.3) is 10.9 Å². The Morgan fingerprint density at radius 1 is 1.14 bits per heavy atom. The van der Waals surface area contributed by atoms with Crippen molar-refractivity contribution < 1.29 is 14.7 Å². The zero-order valence-corrected chi connectivity index (χ0v) is 15.8. The SMILES string of the molecule is CN(C(=O)NCCCCCc1[nH]c2ccccc2c1C(=O)O)c1cccnc1. The number of aromatic carboxylic acids is 1. The number of rotatable bonds is 8. The molecule has 2 amide bonds. The number of fused-ring (bicyclic) bond motifs is 1. The number of urea groups is 1. The average Bonchev–Trinajstić information content (AvgIpc) is 3.09. The maximum atomic E-state index is 12.1. The highest BCUT2D eigenvalue weighted by atomic mass is 16.4. The fourth-order valence-electron chi connectivity index (χ4n) is 3.22. The van der Waals surface area contributed by atoms with Crippen molar-refractivity contribution in [3.63, 3.8) is 0 Å². The normalized spacial score (nSPS) is 10.8. The molecule has 0 radical (unpaired) electrons. The van der Waals surface area contributed by atoms with Gasteiger partial charge in [-0.15, -0.1) is 0 Å². The molecule has 1 aromatic carbocycles. The number of unbranched alkanes of at least 4 members (excludes halogenated alkanes) is 2. The molecule has 0 saturated heterocycles. The number of aromatic nitrogens is 2. The Kier molecular flexibility index (Phi) is 6.26. The molecule has 0 fully saturated rings.